The molecule has 2 rings (SSSR count). The van der Waals surface area contributed by atoms with Gasteiger partial charge in [-0.15, -0.1) is 0 Å². The Labute approximate surface area is 122 Å². The third-order valence-corrected chi connectivity index (χ3v) is 6.68. The van der Waals surface area contributed by atoms with E-state index in [2.05, 4.69) is 6.92 Å². The Bertz CT molecular complexity index is 415. The molecule has 3 atom stereocenters. The highest BCUT2D eigenvalue weighted by molar-refractivity contribution is 7.86. The van der Waals surface area contributed by atoms with Gasteiger partial charge in [-0.05, 0) is 25.2 Å². The first-order chi connectivity index (χ1) is 9.50. The molecule has 2 saturated heterocycles. The molecular weight excluding hydrogens is 278 g/mol. The van der Waals surface area contributed by atoms with Crippen LogP contribution >= 0.6 is 0 Å². The fourth-order valence-corrected chi connectivity index (χ4v) is 5.08. The second kappa shape index (κ2) is 6.70. The van der Waals surface area contributed by atoms with Crippen molar-refractivity contribution in [2.45, 2.75) is 44.8 Å². The van der Waals surface area contributed by atoms with E-state index in [-0.39, 0.29) is 12.1 Å². The summed E-state index contributed by atoms with van der Waals surface area (Å²) in [6, 6.07) is -0.0471. The molecule has 20 heavy (non-hydrogen) atoms. The number of nitrogens with two attached hydrogens (primary N) is 1. The van der Waals surface area contributed by atoms with Crippen molar-refractivity contribution in [2.75, 3.05) is 33.3 Å². The molecule has 7 heteroatoms. The van der Waals surface area contributed by atoms with Crippen LogP contribution < -0.4 is 5.73 Å². The van der Waals surface area contributed by atoms with Gasteiger partial charge < -0.3 is 10.5 Å². The molecule has 0 aliphatic carbocycles. The van der Waals surface area contributed by atoms with E-state index < -0.39 is 10.2 Å². The minimum absolute atomic E-state index is 0.0142. The smallest absolute Gasteiger partial charge is 0.282 e. The van der Waals surface area contributed by atoms with Crippen LogP contribution in [0.2, 0.25) is 0 Å². The van der Waals surface area contributed by atoms with Crippen LogP contribution in [0.3, 0.4) is 0 Å². The number of hydrogen-bond acceptors (Lipinski definition) is 4. The molecule has 6 nitrogen and oxygen atoms in total. The molecule has 2 aliphatic rings. The van der Waals surface area contributed by atoms with Gasteiger partial charge in [-0.25, -0.2) is 0 Å². The minimum atomic E-state index is -3.41. The number of piperidine rings is 2. The second-order valence-electron chi connectivity index (χ2n) is 5.90. The Hall–Kier alpha value is -0.210. The van der Waals surface area contributed by atoms with Crippen LogP contribution in [-0.4, -0.2) is 62.5 Å². The van der Waals surface area contributed by atoms with E-state index in [0.717, 1.165) is 25.7 Å². The summed E-state index contributed by atoms with van der Waals surface area (Å²) in [5.41, 5.74) is 5.75. The molecule has 0 aromatic rings. The van der Waals surface area contributed by atoms with Crippen LogP contribution in [0.25, 0.3) is 0 Å². The van der Waals surface area contributed by atoms with Gasteiger partial charge in [0.2, 0.25) is 0 Å². The number of nitrogens with zero attached hydrogens (tertiary/aromatic N) is 2. The third kappa shape index (κ3) is 3.17. The molecular formula is C13H27N3O3S. The summed E-state index contributed by atoms with van der Waals surface area (Å²) in [6.45, 7) is 4.14. The van der Waals surface area contributed by atoms with Crippen molar-refractivity contribution >= 4 is 10.2 Å². The fourth-order valence-electron chi connectivity index (χ4n) is 3.18. The van der Waals surface area contributed by atoms with Gasteiger partial charge >= 0.3 is 0 Å². The fraction of sp³-hybridized carbons (Fsp3) is 1.00. The van der Waals surface area contributed by atoms with Gasteiger partial charge in [0.15, 0.2) is 0 Å². The standard InChI is InChI=1S/C13H27N3O3S/c1-11-6-8-15(10-13(11)19-2)20(17,18)16-7-4-3-5-12(16)9-14/h11-13H,3-10,14H2,1-2H3. The summed E-state index contributed by atoms with van der Waals surface area (Å²) < 4.78 is 34.2. The van der Waals surface area contributed by atoms with Crippen LogP contribution in [0.5, 0.6) is 0 Å². The first kappa shape index (κ1) is 16.2. The summed E-state index contributed by atoms with van der Waals surface area (Å²) >= 11 is 0. The van der Waals surface area contributed by atoms with Crippen LogP contribution in [0.15, 0.2) is 0 Å². The molecule has 0 radical (unpaired) electrons. The lowest BCUT2D eigenvalue weighted by Gasteiger charge is -2.41. The average molecular weight is 305 g/mol. The van der Waals surface area contributed by atoms with Gasteiger partial charge in [0.05, 0.1) is 6.10 Å². The van der Waals surface area contributed by atoms with E-state index in [1.807, 2.05) is 0 Å². The minimum Gasteiger partial charge on any atom is -0.380 e. The predicted molar refractivity (Wildman–Crippen MR) is 78.5 cm³/mol. The van der Waals surface area contributed by atoms with E-state index in [1.54, 1.807) is 15.7 Å². The lowest BCUT2D eigenvalue weighted by Crippen LogP contribution is -2.56. The lowest BCUT2D eigenvalue weighted by molar-refractivity contribution is 0.0161. The van der Waals surface area contributed by atoms with Gasteiger partial charge in [0.1, 0.15) is 0 Å². The Morgan fingerprint density at radius 1 is 1.25 bits per heavy atom. The molecule has 0 aromatic heterocycles. The summed E-state index contributed by atoms with van der Waals surface area (Å²) in [6.07, 6.45) is 3.69. The van der Waals surface area contributed by atoms with Gasteiger partial charge in [-0.2, -0.15) is 17.0 Å². The normalized spacial score (nSPS) is 34.2. The highest BCUT2D eigenvalue weighted by Gasteiger charge is 2.39. The van der Waals surface area contributed by atoms with Crippen molar-refractivity contribution in [3.63, 3.8) is 0 Å². The monoisotopic (exact) mass is 305 g/mol. The maximum absolute atomic E-state index is 12.8. The summed E-state index contributed by atoms with van der Waals surface area (Å²) in [5, 5.41) is 0. The predicted octanol–water partition coefficient (Wildman–Crippen LogP) is 0.401. The highest BCUT2D eigenvalue weighted by Crippen LogP contribution is 2.27. The van der Waals surface area contributed by atoms with Crippen LogP contribution in [0.1, 0.15) is 32.6 Å². The zero-order chi connectivity index (χ0) is 14.8. The molecule has 0 bridgehead atoms. The zero-order valence-electron chi connectivity index (χ0n) is 12.5. The van der Waals surface area contributed by atoms with E-state index >= 15 is 0 Å². The molecule has 0 spiro atoms. The van der Waals surface area contributed by atoms with Crippen molar-refractivity contribution in [3.8, 4) is 0 Å². The van der Waals surface area contributed by atoms with Crippen molar-refractivity contribution in [3.05, 3.63) is 0 Å². The molecule has 0 amide bonds. The van der Waals surface area contributed by atoms with Crippen molar-refractivity contribution < 1.29 is 13.2 Å². The molecule has 0 aromatic carbocycles. The van der Waals surface area contributed by atoms with Gasteiger partial charge in [-0.1, -0.05) is 13.3 Å². The van der Waals surface area contributed by atoms with Gasteiger partial charge in [-0.3, -0.25) is 0 Å². The van der Waals surface area contributed by atoms with Crippen LogP contribution in [-0.2, 0) is 14.9 Å². The molecule has 118 valence electrons. The molecule has 2 N–H and O–H groups in total. The van der Waals surface area contributed by atoms with Gasteiger partial charge in [0.25, 0.3) is 10.2 Å². The number of ether oxygens (including phenoxy) is 1. The first-order valence-electron chi connectivity index (χ1n) is 7.50. The number of methoxy groups -OCH3 is 1. The maximum Gasteiger partial charge on any atom is 0.282 e. The SMILES string of the molecule is COC1CN(S(=O)(=O)N2CCCCC2CN)CCC1C. The molecule has 2 aliphatic heterocycles. The topological polar surface area (TPSA) is 75.9 Å². The lowest BCUT2D eigenvalue weighted by atomic mass is 9.97. The largest absolute Gasteiger partial charge is 0.380 e. The van der Waals surface area contributed by atoms with E-state index in [9.17, 15) is 8.42 Å². The Balaban J connectivity index is 2.13. The Morgan fingerprint density at radius 3 is 2.65 bits per heavy atom. The molecule has 3 unspecified atom stereocenters. The molecule has 2 fully saturated rings. The first-order valence-corrected chi connectivity index (χ1v) is 8.90. The number of hydrogen-bond donors (Lipinski definition) is 1. The Kier molecular flexibility index (Phi) is 5.42. The van der Waals surface area contributed by atoms with Crippen LogP contribution in [0, 0.1) is 5.92 Å². The zero-order valence-corrected chi connectivity index (χ0v) is 13.3. The number of rotatable bonds is 4. The van der Waals surface area contributed by atoms with E-state index in [0.29, 0.717) is 32.1 Å². The summed E-state index contributed by atoms with van der Waals surface area (Å²) in [5.74, 6) is 0.401. The molecule has 0 saturated carbocycles. The average Bonchev–Trinajstić information content (AvgIpc) is 2.47. The maximum atomic E-state index is 12.8. The van der Waals surface area contributed by atoms with E-state index in [4.69, 9.17) is 10.5 Å². The summed E-state index contributed by atoms with van der Waals surface area (Å²) in [4.78, 5) is 0. The molecule has 2 heterocycles. The van der Waals surface area contributed by atoms with Crippen molar-refractivity contribution in [1.82, 2.24) is 8.61 Å². The van der Waals surface area contributed by atoms with Crippen molar-refractivity contribution in [2.24, 2.45) is 11.7 Å². The van der Waals surface area contributed by atoms with Gasteiger partial charge in [0, 0.05) is 39.3 Å². The second-order valence-corrected chi connectivity index (χ2v) is 7.78. The van der Waals surface area contributed by atoms with Crippen LogP contribution in [0.4, 0.5) is 0 Å². The van der Waals surface area contributed by atoms with E-state index in [1.165, 1.54) is 0 Å². The Morgan fingerprint density at radius 2 is 2.00 bits per heavy atom. The third-order valence-electron chi connectivity index (χ3n) is 4.62. The summed E-state index contributed by atoms with van der Waals surface area (Å²) in [7, 11) is -1.75. The van der Waals surface area contributed by atoms with Crippen molar-refractivity contribution in [1.29, 1.82) is 0 Å². The quantitative estimate of drug-likeness (QED) is 0.816. The highest BCUT2D eigenvalue weighted by atomic mass is 32.2.